The Bertz CT molecular complexity index is 424. The van der Waals surface area contributed by atoms with E-state index in [9.17, 15) is 0 Å². The van der Waals surface area contributed by atoms with Gasteiger partial charge in [-0.1, -0.05) is 17.7 Å². The van der Waals surface area contributed by atoms with Crippen LogP contribution in [0.1, 0.15) is 16.7 Å². The van der Waals surface area contributed by atoms with Gasteiger partial charge < -0.3 is 0 Å². The molecular weight excluding hydrogens is 208 g/mol. The van der Waals surface area contributed by atoms with Crippen molar-refractivity contribution < 1.29 is 4.57 Å². The number of H-pyrrole nitrogens is 1. The number of aromatic nitrogens is 2. The molecule has 0 fully saturated rings. The molecule has 0 saturated carbocycles. The molecule has 0 amide bonds. The van der Waals surface area contributed by atoms with E-state index in [2.05, 4.69) is 42.5 Å². The summed E-state index contributed by atoms with van der Waals surface area (Å²) >= 11 is 0. The van der Waals surface area contributed by atoms with Crippen LogP contribution in [-0.4, -0.2) is 4.98 Å². The van der Waals surface area contributed by atoms with Crippen molar-refractivity contribution in [3.63, 3.8) is 0 Å². The number of benzene rings is 1. The lowest BCUT2D eigenvalue weighted by molar-refractivity contribution is -0.595. The maximum absolute atomic E-state index is 3.06. The second-order valence-corrected chi connectivity index (χ2v) is 3.77. The molecule has 0 aliphatic carbocycles. The standard InChI is InChI=1S/C12H14N2.ClH/c1-9-6-10(2)12(11(3)7-9)14-5-4-13-8-14;/h4-8H,1-3H3;1H/p+1. The zero-order chi connectivity index (χ0) is 10.1. The van der Waals surface area contributed by atoms with Crippen molar-refractivity contribution in [3.8, 4) is 5.69 Å². The van der Waals surface area contributed by atoms with Gasteiger partial charge in [0.05, 0.1) is 0 Å². The van der Waals surface area contributed by atoms with Gasteiger partial charge in [0, 0.05) is 0 Å². The maximum atomic E-state index is 3.06. The fourth-order valence-electron chi connectivity index (χ4n) is 2.01. The van der Waals surface area contributed by atoms with E-state index in [1.165, 1.54) is 22.4 Å². The van der Waals surface area contributed by atoms with E-state index in [0.29, 0.717) is 0 Å². The third-order valence-electron chi connectivity index (χ3n) is 2.44. The Morgan fingerprint density at radius 3 is 2.13 bits per heavy atom. The van der Waals surface area contributed by atoms with E-state index >= 15 is 0 Å². The normalized spacial score (nSPS) is 9.80. The number of hydrogen-bond donors (Lipinski definition) is 1. The first-order valence-corrected chi connectivity index (χ1v) is 4.81. The molecule has 0 saturated heterocycles. The SMILES string of the molecule is Cc1cc(C)c(-[n+]2cc[nH]c2)c(C)c1.Cl. The van der Waals surface area contributed by atoms with E-state index in [-0.39, 0.29) is 12.4 Å². The van der Waals surface area contributed by atoms with Crippen molar-refractivity contribution in [2.45, 2.75) is 20.8 Å². The third kappa shape index (κ3) is 2.21. The molecule has 0 aliphatic heterocycles. The molecule has 0 atom stereocenters. The Morgan fingerprint density at radius 1 is 1.07 bits per heavy atom. The van der Waals surface area contributed by atoms with E-state index in [1.54, 1.807) is 0 Å². The molecule has 0 aliphatic rings. The molecule has 2 aromatic rings. The summed E-state index contributed by atoms with van der Waals surface area (Å²) in [6, 6.07) is 4.42. The van der Waals surface area contributed by atoms with Crippen molar-refractivity contribution in [1.82, 2.24) is 4.98 Å². The monoisotopic (exact) mass is 223 g/mol. The number of aryl methyl sites for hydroxylation is 3. The predicted molar refractivity (Wildman–Crippen MR) is 63.8 cm³/mol. The van der Waals surface area contributed by atoms with Crippen LogP contribution in [0, 0.1) is 20.8 Å². The summed E-state index contributed by atoms with van der Waals surface area (Å²) in [5, 5.41) is 0. The zero-order valence-electron chi connectivity index (χ0n) is 9.24. The van der Waals surface area contributed by atoms with Gasteiger partial charge in [-0.2, -0.15) is 0 Å². The lowest BCUT2D eigenvalue weighted by atomic mass is 10.1. The molecule has 1 aromatic heterocycles. The van der Waals surface area contributed by atoms with Gasteiger partial charge in [-0.3, -0.25) is 0 Å². The highest BCUT2D eigenvalue weighted by Gasteiger charge is 2.09. The van der Waals surface area contributed by atoms with Gasteiger partial charge in [0.2, 0.25) is 6.33 Å². The molecule has 15 heavy (non-hydrogen) atoms. The Morgan fingerprint density at radius 2 is 1.67 bits per heavy atom. The molecule has 80 valence electrons. The van der Waals surface area contributed by atoms with Crippen LogP contribution in [0.2, 0.25) is 0 Å². The lowest BCUT2D eigenvalue weighted by Gasteiger charge is -2.06. The third-order valence-corrected chi connectivity index (χ3v) is 2.44. The first kappa shape index (κ1) is 11.8. The highest BCUT2D eigenvalue weighted by molar-refractivity contribution is 5.85. The number of nitrogens with one attached hydrogen (secondary N) is 1. The first-order chi connectivity index (χ1) is 6.68. The summed E-state index contributed by atoms with van der Waals surface area (Å²) in [6.07, 6.45) is 5.92. The Balaban J connectivity index is 0.00000112. The number of aromatic amines is 1. The van der Waals surface area contributed by atoms with Crippen LogP contribution < -0.4 is 4.57 Å². The van der Waals surface area contributed by atoms with Crippen molar-refractivity contribution in [3.05, 3.63) is 47.5 Å². The molecule has 0 unspecified atom stereocenters. The fraction of sp³-hybridized carbons (Fsp3) is 0.250. The minimum Gasteiger partial charge on any atom is -0.250 e. The average molecular weight is 224 g/mol. The zero-order valence-corrected chi connectivity index (χ0v) is 10.1. The highest BCUT2D eigenvalue weighted by Crippen LogP contribution is 2.15. The molecule has 1 N–H and O–H groups in total. The number of rotatable bonds is 1. The van der Waals surface area contributed by atoms with E-state index in [1.807, 2.05) is 18.7 Å². The fourth-order valence-corrected chi connectivity index (χ4v) is 2.01. The van der Waals surface area contributed by atoms with Gasteiger partial charge in [0.1, 0.15) is 18.1 Å². The van der Waals surface area contributed by atoms with Crippen LogP contribution in [0.25, 0.3) is 5.69 Å². The minimum atomic E-state index is 0. The number of nitrogens with zero attached hydrogens (tertiary/aromatic N) is 1. The van der Waals surface area contributed by atoms with Gasteiger partial charge >= 0.3 is 0 Å². The number of hydrogen-bond acceptors (Lipinski definition) is 0. The summed E-state index contributed by atoms with van der Waals surface area (Å²) in [5.74, 6) is 0. The largest absolute Gasteiger partial charge is 0.250 e. The van der Waals surface area contributed by atoms with Gasteiger partial charge in [-0.25, -0.2) is 9.55 Å². The van der Waals surface area contributed by atoms with Crippen LogP contribution in [0.4, 0.5) is 0 Å². The van der Waals surface area contributed by atoms with E-state index in [0.717, 1.165) is 0 Å². The second kappa shape index (κ2) is 4.49. The van der Waals surface area contributed by atoms with Crippen LogP contribution >= 0.6 is 12.4 Å². The van der Waals surface area contributed by atoms with E-state index < -0.39 is 0 Å². The lowest BCUT2D eigenvalue weighted by Crippen LogP contribution is -2.29. The Hall–Kier alpha value is -1.28. The van der Waals surface area contributed by atoms with Gasteiger partial charge in [0.25, 0.3) is 0 Å². The van der Waals surface area contributed by atoms with Crippen LogP contribution in [-0.2, 0) is 0 Å². The summed E-state index contributed by atoms with van der Waals surface area (Å²) < 4.78 is 2.12. The van der Waals surface area contributed by atoms with Crippen LogP contribution in [0.15, 0.2) is 30.9 Å². The molecule has 2 rings (SSSR count). The Labute approximate surface area is 96.4 Å². The van der Waals surface area contributed by atoms with Crippen LogP contribution in [0.3, 0.4) is 0 Å². The maximum Gasteiger partial charge on any atom is 0.246 e. The summed E-state index contributed by atoms with van der Waals surface area (Å²) in [4.78, 5) is 3.06. The van der Waals surface area contributed by atoms with Crippen molar-refractivity contribution in [2.75, 3.05) is 0 Å². The molecule has 0 bridgehead atoms. The van der Waals surface area contributed by atoms with Crippen molar-refractivity contribution in [1.29, 1.82) is 0 Å². The van der Waals surface area contributed by atoms with Gasteiger partial charge in [-0.05, 0) is 31.9 Å². The summed E-state index contributed by atoms with van der Waals surface area (Å²) in [6.45, 7) is 6.43. The molecule has 3 heteroatoms. The van der Waals surface area contributed by atoms with Gasteiger partial charge in [0.15, 0.2) is 0 Å². The quantitative estimate of drug-likeness (QED) is 0.718. The molecule has 0 spiro atoms. The molecule has 1 heterocycles. The minimum absolute atomic E-state index is 0. The second-order valence-electron chi connectivity index (χ2n) is 3.77. The summed E-state index contributed by atoms with van der Waals surface area (Å²) in [5.41, 5.74) is 5.22. The molecule has 2 nitrogen and oxygen atoms in total. The first-order valence-electron chi connectivity index (χ1n) is 4.81. The molecular formula is C12H16ClN2+. The average Bonchev–Trinajstić information content (AvgIpc) is 2.54. The molecule has 0 radical (unpaired) electrons. The van der Waals surface area contributed by atoms with Gasteiger partial charge in [-0.15, -0.1) is 12.4 Å². The number of imidazole rings is 1. The Kier molecular flexibility index (Phi) is 3.53. The molecule has 1 aromatic carbocycles. The van der Waals surface area contributed by atoms with Crippen molar-refractivity contribution in [2.24, 2.45) is 0 Å². The van der Waals surface area contributed by atoms with Crippen molar-refractivity contribution >= 4 is 12.4 Å². The predicted octanol–water partition coefficient (Wildman–Crippen LogP) is 2.64. The topological polar surface area (TPSA) is 19.7 Å². The smallest absolute Gasteiger partial charge is 0.246 e. The highest BCUT2D eigenvalue weighted by atomic mass is 35.5. The van der Waals surface area contributed by atoms with E-state index in [4.69, 9.17) is 0 Å². The summed E-state index contributed by atoms with van der Waals surface area (Å²) in [7, 11) is 0. The number of halogens is 1. The van der Waals surface area contributed by atoms with Crippen LogP contribution in [0.5, 0.6) is 0 Å².